The smallest absolute Gasteiger partial charge is 0.337 e. The molecule has 102 valence electrons. The van der Waals surface area contributed by atoms with Crippen molar-refractivity contribution in [2.45, 2.75) is 19.8 Å². The molecule has 0 atom stereocenters. The van der Waals surface area contributed by atoms with Gasteiger partial charge in [-0.15, -0.1) is 0 Å². The van der Waals surface area contributed by atoms with E-state index in [1.54, 1.807) is 10.7 Å². The third-order valence-corrected chi connectivity index (χ3v) is 3.43. The summed E-state index contributed by atoms with van der Waals surface area (Å²) >= 11 is 0. The van der Waals surface area contributed by atoms with Crippen molar-refractivity contribution in [2.24, 2.45) is 0 Å². The molecule has 0 unspecified atom stereocenters. The average molecular weight is 269 g/mol. The van der Waals surface area contributed by atoms with Gasteiger partial charge >= 0.3 is 5.97 Å². The van der Waals surface area contributed by atoms with Crippen LogP contribution in [0.2, 0.25) is 0 Å². The molecule has 5 heteroatoms. The molecule has 2 aromatic heterocycles. The molecule has 1 aliphatic rings. The minimum atomic E-state index is -0.298. The first kappa shape index (κ1) is 12.6. The molecule has 0 spiro atoms. The van der Waals surface area contributed by atoms with Crippen molar-refractivity contribution >= 4 is 17.2 Å². The van der Waals surface area contributed by atoms with Gasteiger partial charge < -0.3 is 4.74 Å². The Bertz CT molecular complexity index is 741. The Kier molecular flexibility index (Phi) is 3.10. The number of hydrogen-bond donors (Lipinski definition) is 0. The van der Waals surface area contributed by atoms with Crippen molar-refractivity contribution in [1.82, 2.24) is 14.6 Å². The Balaban J connectivity index is 2.00. The van der Waals surface area contributed by atoms with Crippen molar-refractivity contribution in [1.29, 1.82) is 0 Å². The average Bonchev–Trinajstić information content (AvgIpc) is 2.87. The quantitative estimate of drug-likeness (QED) is 0.785. The van der Waals surface area contributed by atoms with Crippen molar-refractivity contribution in [3.63, 3.8) is 0 Å². The number of ether oxygens (including phenoxy) is 1. The van der Waals surface area contributed by atoms with Crippen molar-refractivity contribution in [3.05, 3.63) is 47.4 Å². The lowest BCUT2D eigenvalue weighted by atomic mass is 9.95. The van der Waals surface area contributed by atoms with Crippen LogP contribution in [-0.2, 0) is 9.53 Å². The predicted octanol–water partition coefficient (Wildman–Crippen LogP) is 2.31. The minimum absolute atomic E-state index is 0.298. The van der Waals surface area contributed by atoms with Crippen LogP contribution in [0.15, 0.2) is 36.2 Å². The second-order valence-corrected chi connectivity index (χ2v) is 4.77. The predicted molar refractivity (Wildman–Crippen MR) is 75.0 cm³/mol. The van der Waals surface area contributed by atoms with Crippen molar-refractivity contribution in [2.75, 3.05) is 7.11 Å². The molecule has 0 fully saturated rings. The summed E-state index contributed by atoms with van der Waals surface area (Å²) in [6, 6.07) is 1.99. The van der Waals surface area contributed by atoms with Gasteiger partial charge in [0.1, 0.15) is 0 Å². The van der Waals surface area contributed by atoms with Gasteiger partial charge in [-0.2, -0.15) is 5.10 Å². The van der Waals surface area contributed by atoms with E-state index >= 15 is 0 Å². The molecule has 0 N–H and O–H groups in total. The zero-order chi connectivity index (χ0) is 14.1. The fourth-order valence-corrected chi connectivity index (χ4v) is 2.36. The highest BCUT2D eigenvalue weighted by molar-refractivity contribution is 5.94. The third-order valence-electron chi connectivity index (χ3n) is 3.43. The van der Waals surface area contributed by atoms with Gasteiger partial charge in [0.05, 0.1) is 30.8 Å². The fraction of sp³-hybridized carbons (Fsp3) is 0.267. The lowest BCUT2D eigenvalue weighted by Gasteiger charge is -2.13. The molecule has 2 heterocycles. The van der Waals surface area contributed by atoms with Crippen molar-refractivity contribution < 1.29 is 9.53 Å². The van der Waals surface area contributed by atoms with Crippen LogP contribution < -0.4 is 0 Å². The number of fused-ring (bicyclic) bond motifs is 1. The molecule has 0 amide bonds. The normalized spacial score (nSPS) is 14.9. The molecule has 5 nitrogen and oxygen atoms in total. The van der Waals surface area contributed by atoms with Crippen LogP contribution in [0.1, 0.15) is 24.1 Å². The zero-order valence-electron chi connectivity index (χ0n) is 11.5. The Labute approximate surface area is 116 Å². The number of nitrogens with zero attached hydrogens (tertiary/aromatic N) is 3. The maximum atomic E-state index is 11.6. The number of aryl methyl sites for hydroxylation is 1. The van der Waals surface area contributed by atoms with Crippen LogP contribution in [0, 0.1) is 6.92 Å². The van der Waals surface area contributed by atoms with Gasteiger partial charge in [0.25, 0.3) is 0 Å². The molecular formula is C15H15N3O2. The van der Waals surface area contributed by atoms with Gasteiger partial charge in [0.15, 0.2) is 5.65 Å². The molecule has 0 saturated heterocycles. The molecule has 0 aromatic carbocycles. The highest BCUT2D eigenvalue weighted by Gasteiger charge is 2.14. The molecule has 0 aliphatic heterocycles. The van der Waals surface area contributed by atoms with Gasteiger partial charge in [-0.25, -0.2) is 14.3 Å². The second-order valence-electron chi connectivity index (χ2n) is 4.77. The van der Waals surface area contributed by atoms with Crippen LogP contribution in [0.3, 0.4) is 0 Å². The summed E-state index contributed by atoms with van der Waals surface area (Å²) in [6.45, 7) is 1.96. The molecule has 0 saturated carbocycles. The first-order valence-electron chi connectivity index (χ1n) is 6.49. The van der Waals surface area contributed by atoms with Gasteiger partial charge in [-0.3, -0.25) is 0 Å². The van der Waals surface area contributed by atoms with E-state index in [0.717, 1.165) is 35.3 Å². The second kappa shape index (κ2) is 4.92. The van der Waals surface area contributed by atoms with Crippen LogP contribution >= 0.6 is 0 Å². The third kappa shape index (κ3) is 2.11. The Morgan fingerprint density at radius 2 is 2.25 bits per heavy atom. The monoisotopic (exact) mass is 269 g/mol. The summed E-state index contributed by atoms with van der Waals surface area (Å²) in [4.78, 5) is 15.9. The molecular weight excluding hydrogens is 254 g/mol. The maximum absolute atomic E-state index is 11.6. The molecule has 2 aromatic rings. The number of methoxy groups -OCH3 is 1. The van der Waals surface area contributed by atoms with E-state index in [-0.39, 0.29) is 5.97 Å². The zero-order valence-corrected chi connectivity index (χ0v) is 11.5. The van der Waals surface area contributed by atoms with E-state index in [1.807, 2.05) is 31.3 Å². The summed E-state index contributed by atoms with van der Waals surface area (Å²) in [6.07, 6.45) is 9.10. The van der Waals surface area contributed by atoms with Gasteiger partial charge in [-0.05, 0) is 37.5 Å². The summed E-state index contributed by atoms with van der Waals surface area (Å²) in [5, 5.41) is 4.38. The highest BCUT2D eigenvalue weighted by Crippen LogP contribution is 2.27. The van der Waals surface area contributed by atoms with Crippen molar-refractivity contribution in [3.8, 4) is 0 Å². The summed E-state index contributed by atoms with van der Waals surface area (Å²) in [5.41, 5.74) is 4.50. The fourth-order valence-electron chi connectivity index (χ4n) is 2.36. The number of carbonyl (C=O) groups is 1. The number of rotatable bonds is 2. The van der Waals surface area contributed by atoms with Crippen LogP contribution in [-0.4, -0.2) is 27.7 Å². The first-order valence-corrected chi connectivity index (χ1v) is 6.49. The van der Waals surface area contributed by atoms with Gasteiger partial charge in [0.2, 0.25) is 0 Å². The maximum Gasteiger partial charge on any atom is 0.337 e. The van der Waals surface area contributed by atoms with Gasteiger partial charge in [0, 0.05) is 5.56 Å². The number of aromatic nitrogens is 3. The summed E-state index contributed by atoms with van der Waals surface area (Å²) < 4.78 is 6.56. The summed E-state index contributed by atoms with van der Waals surface area (Å²) in [7, 11) is 1.40. The minimum Gasteiger partial charge on any atom is -0.465 e. The van der Waals surface area contributed by atoms with Gasteiger partial charge in [-0.1, -0.05) is 6.08 Å². The number of esters is 1. The Morgan fingerprint density at radius 1 is 1.40 bits per heavy atom. The SMILES string of the molecule is COC(=O)C1=CCCC(c2cnn3c(C)cnc3c2)=C1. The Hall–Kier alpha value is -2.43. The first-order chi connectivity index (χ1) is 9.69. The van der Waals surface area contributed by atoms with Crippen LogP contribution in [0.4, 0.5) is 0 Å². The summed E-state index contributed by atoms with van der Waals surface area (Å²) in [5.74, 6) is -0.298. The van der Waals surface area contributed by atoms with Crippen LogP contribution in [0.5, 0.6) is 0 Å². The van der Waals surface area contributed by atoms with E-state index in [2.05, 4.69) is 10.1 Å². The van der Waals surface area contributed by atoms with E-state index in [9.17, 15) is 4.79 Å². The van der Waals surface area contributed by atoms with E-state index in [0.29, 0.717) is 5.57 Å². The molecule has 20 heavy (non-hydrogen) atoms. The van der Waals surface area contributed by atoms with E-state index in [4.69, 9.17) is 4.74 Å². The molecule has 1 aliphatic carbocycles. The lowest BCUT2D eigenvalue weighted by molar-refractivity contribution is -0.135. The number of carbonyl (C=O) groups excluding carboxylic acids is 1. The Morgan fingerprint density at radius 3 is 3.05 bits per heavy atom. The molecule has 3 rings (SSSR count). The number of allylic oxidation sites excluding steroid dienone is 2. The van der Waals surface area contributed by atoms with Crippen LogP contribution in [0.25, 0.3) is 11.2 Å². The highest BCUT2D eigenvalue weighted by atomic mass is 16.5. The number of imidazole rings is 1. The largest absolute Gasteiger partial charge is 0.465 e. The molecule has 0 radical (unpaired) electrons. The lowest BCUT2D eigenvalue weighted by Crippen LogP contribution is -2.06. The topological polar surface area (TPSA) is 56.5 Å². The van der Waals surface area contributed by atoms with E-state index in [1.165, 1.54) is 7.11 Å². The molecule has 0 bridgehead atoms. The standard InChI is InChI=1S/C15H15N3O2/c1-10-8-16-14-7-13(9-17-18(10)14)11-4-3-5-12(6-11)15(19)20-2/h5-9H,3-4H2,1-2H3. The number of hydrogen-bond acceptors (Lipinski definition) is 4. The van der Waals surface area contributed by atoms with E-state index < -0.39 is 0 Å².